The molecule has 3 nitrogen and oxygen atoms in total. The summed E-state index contributed by atoms with van der Waals surface area (Å²) in [5.74, 6) is 0.627. The fourth-order valence-corrected chi connectivity index (χ4v) is 1.27. The summed E-state index contributed by atoms with van der Waals surface area (Å²) in [4.78, 5) is 2.30. The molecular weight excluding hydrogens is 176 g/mol. The number of rotatable bonds is 8. The molecule has 0 saturated carbocycles. The van der Waals surface area contributed by atoms with Gasteiger partial charge in [0.1, 0.15) is 0 Å². The molecule has 0 fully saturated rings. The maximum absolute atomic E-state index is 5.17. The van der Waals surface area contributed by atoms with Crippen LogP contribution in [0.5, 0.6) is 0 Å². The molecule has 0 aliphatic heterocycles. The Balaban J connectivity index is 3.60. The highest BCUT2D eigenvalue weighted by molar-refractivity contribution is 4.70. The van der Waals surface area contributed by atoms with Gasteiger partial charge in [0, 0.05) is 26.2 Å². The molecule has 0 aromatic heterocycles. The summed E-state index contributed by atoms with van der Waals surface area (Å²) in [7, 11) is 3.90. The number of likely N-dealkylation sites (N-methyl/N-ethyl adjacent to an activating group) is 1. The maximum atomic E-state index is 5.17. The van der Waals surface area contributed by atoms with Crippen molar-refractivity contribution < 1.29 is 4.74 Å². The Kier molecular flexibility index (Phi) is 8.14. The van der Waals surface area contributed by atoms with E-state index in [0.29, 0.717) is 12.0 Å². The van der Waals surface area contributed by atoms with Crippen LogP contribution in [0.25, 0.3) is 0 Å². The van der Waals surface area contributed by atoms with Crippen LogP contribution in [0.3, 0.4) is 0 Å². The van der Waals surface area contributed by atoms with Crippen LogP contribution in [0.2, 0.25) is 0 Å². The van der Waals surface area contributed by atoms with Crippen LogP contribution in [-0.4, -0.2) is 51.3 Å². The first kappa shape index (κ1) is 13.9. The van der Waals surface area contributed by atoms with Crippen molar-refractivity contribution >= 4 is 0 Å². The van der Waals surface area contributed by atoms with Gasteiger partial charge >= 0.3 is 0 Å². The SMILES string of the molecule is CCN(C)CCNC(COC)C(C)C. The largest absolute Gasteiger partial charge is 0.383 e. The van der Waals surface area contributed by atoms with E-state index in [1.807, 2.05) is 0 Å². The summed E-state index contributed by atoms with van der Waals surface area (Å²) >= 11 is 0. The zero-order valence-electron chi connectivity index (χ0n) is 10.3. The minimum atomic E-state index is 0.477. The summed E-state index contributed by atoms with van der Waals surface area (Å²) in [5.41, 5.74) is 0. The van der Waals surface area contributed by atoms with Gasteiger partial charge in [-0.05, 0) is 19.5 Å². The zero-order chi connectivity index (χ0) is 11.0. The number of nitrogens with one attached hydrogen (secondary N) is 1. The Labute approximate surface area is 88.8 Å². The lowest BCUT2D eigenvalue weighted by molar-refractivity contribution is 0.145. The first-order valence-electron chi connectivity index (χ1n) is 5.52. The lowest BCUT2D eigenvalue weighted by Gasteiger charge is -2.23. The molecule has 0 bridgehead atoms. The van der Waals surface area contributed by atoms with Gasteiger partial charge in [-0.2, -0.15) is 0 Å². The summed E-state index contributed by atoms with van der Waals surface area (Å²) in [6, 6.07) is 0.477. The topological polar surface area (TPSA) is 24.5 Å². The number of methoxy groups -OCH3 is 1. The molecule has 0 amide bonds. The highest BCUT2D eigenvalue weighted by Crippen LogP contribution is 2.01. The van der Waals surface area contributed by atoms with E-state index < -0.39 is 0 Å². The first-order chi connectivity index (χ1) is 6.61. The minimum absolute atomic E-state index is 0.477. The Bertz CT molecular complexity index is 128. The van der Waals surface area contributed by atoms with Crippen LogP contribution in [0, 0.1) is 5.92 Å². The molecular formula is C11H26N2O. The van der Waals surface area contributed by atoms with E-state index in [9.17, 15) is 0 Å². The van der Waals surface area contributed by atoms with Crippen molar-refractivity contribution in [2.45, 2.75) is 26.8 Å². The minimum Gasteiger partial charge on any atom is -0.383 e. The van der Waals surface area contributed by atoms with Crippen LogP contribution in [0.1, 0.15) is 20.8 Å². The molecule has 1 N–H and O–H groups in total. The Morgan fingerprint density at radius 2 is 2.00 bits per heavy atom. The maximum Gasteiger partial charge on any atom is 0.0618 e. The highest BCUT2D eigenvalue weighted by Gasteiger charge is 2.11. The molecule has 86 valence electrons. The second-order valence-corrected chi connectivity index (χ2v) is 4.16. The highest BCUT2D eigenvalue weighted by atomic mass is 16.5. The van der Waals surface area contributed by atoms with Crippen molar-refractivity contribution in [3.63, 3.8) is 0 Å². The summed E-state index contributed by atoms with van der Waals surface area (Å²) in [6.45, 7) is 10.7. The Morgan fingerprint density at radius 3 is 2.43 bits per heavy atom. The second-order valence-electron chi connectivity index (χ2n) is 4.16. The second kappa shape index (κ2) is 8.21. The normalized spacial score (nSPS) is 13.9. The molecule has 0 rings (SSSR count). The predicted octanol–water partition coefficient (Wildman–Crippen LogP) is 1.20. The number of ether oxygens (including phenoxy) is 1. The van der Waals surface area contributed by atoms with Gasteiger partial charge in [0.2, 0.25) is 0 Å². The van der Waals surface area contributed by atoms with Gasteiger partial charge in [-0.3, -0.25) is 0 Å². The molecule has 0 aliphatic rings. The van der Waals surface area contributed by atoms with E-state index in [4.69, 9.17) is 4.74 Å². The average molecular weight is 202 g/mol. The zero-order valence-corrected chi connectivity index (χ0v) is 10.3. The van der Waals surface area contributed by atoms with Gasteiger partial charge in [0.15, 0.2) is 0 Å². The molecule has 0 heterocycles. The number of hydrogen-bond donors (Lipinski definition) is 1. The number of nitrogens with zero attached hydrogens (tertiary/aromatic N) is 1. The van der Waals surface area contributed by atoms with Crippen molar-refractivity contribution in [1.29, 1.82) is 0 Å². The summed E-state index contributed by atoms with van der Waals surface area (Å²) in [6.07, 6.45) is 0. The molecule has 0 spiro atoms. The number of hydrogen-bond acceptors (Lipinski definition) is 3. The average Bonchev–Trinajstić information content (AvgIpc) is 2.16. The third kappa shape index (κ3) is 6.35. The Morgan fingerprint density at radius 1 is 1.36 bits per heavy atom. The van der Waals surface area contributed by atoms with Crippen LogP contribution in [0.15, 0.2) is 0 Å². The molecule has 1 atom stereocenters. The van der Waals surface area contributed by atoms with Crippen LogP contribution in [-0.2, 0) is 4.74 Å². The van der Waals surface area contributed by atoms with Crippen molar-refractivity contribution in [1.82, 2.24) is 10.2 Å². The van der Waals surface area contributed by atoms with E-state index in [2.05, 4.69) is 38.0 Å². The molecule has 0 aromatic rings. The lowest BCUT2D eigenvalue weighted by atomic mass is 10.1. The quantitative estimate of drug-likeness (QED) is 0.640. The van der Waals surface area contributed by atoms with Crippen molar-refractivity contribution in [2.24, 2.45) is 5.92 Å². The molecule has 1 unspecified atom stereocenters. The van der Waals surface area contributed by atoms with E-state index in [0.717, 1.165) is 26.2 Å². The summed E-state index contributed by atoms with van der Waals surface area (Å²) < 4.78 is 5.17. The van der Waals surface area contributed by atoms with Gasteiger partial charge in [-0.1, -0.05) is 20.8 Å². The van der Waals surface area contributed by atoms with E-state index >= 15 is 0 Å². The van der Waals surface area contributed by atoms with Gasteiger partial charge in [-0.15, -0.1) is 0 Å². The molecule has 14 heavy (non-hydrogen) atoms. The smallest absolute Gasteiger partial charge is 0.0618 e. The fourth-order valence-electron chi connectivity index (χ4n) is 1.27. The molecule has 0 saturated heterocycles. The van der Waals surface area contributed by atoms with E-state index in [1.54, 1.807) is 7.11 Å². The van der Waals surface area contributed by atoms with E-state index in [1.165, 1.54) is 0 Å². The van der Waals surface area contributed by atoms with Crippen molar-refractivity contribution in [3.8, 4) is 0 Å². The van der Waals surface area contributed by atoms with Crippen LogP contribution >= 0.6 is 0 Å². The lowest BCUT2D eigenvalue weighted by Crippen LogP contribution is -2.41. The fraction of sp³-hybridized carbons (Fsp3) is 1.00. The summed E-state index contributed by atoms with van der Waals surface area (Å²) in [5, 5.41) is 3.52. The van der Waals surface area contributed by atoms with Gasteiger partial charge in [0.25, 0.3) is 0 Å². The standard InChI is InChI=1S/C11H26N2O/c1-6-13(4)8-7-12-11(9-14-5)10(2)3/h10-12H,6-9H2,1-5H3. The van der Waals surface area contributed by atoms with Gasteiger partial charge < -0.3 is 15.0 Å². The van der Waals surface area contributed by atoms with Crippen molar-refractivity contribution in [2.75, 3.05) is 40.4 Å². The predicted molar refractivity (Wildman–Crippen MR) is 61.7 cm³/mol. The van der Waals surface area contributed by atoms with Crippen LogP contribution in [0.4, 0.5) is 0 Å². The molecule has 3 heteroatoms. The van der Waals surface area contributed by atoms with E-state index in [-0.39, 0.29) is 0 Å². The van der Waals surface area contributed by atoms with Gasteiger partial charge in [0.05, 0.1) is 6.61 Å². The first-order valence-corrected chi connectivity index (χ1v) is 5.52. The molecule has 0 aromatic carbocycles. The third-order valence-electron chi connectivity index (χ3n) is 2.59. The van der Waals surface area contributed by atoms with Crippen LogP contribution < -0.4 is 5.32 Å². The van der Waals surface area contributed by atoms with Crippen molar-refractivity contribution in [3.05, 3.63) is 0 Å². The Hall–Kier alpha value is -0.120. The van der Waals surface area contributed by atoms with Gasteiger partial charge in [-0.25, -0.2) is 0 Å². The third-order valence-corrected chi connectivity index (χ3v) is 2.59. The molecule has 0 radical (unpaired) electrons. The molecule has 0 aliphatic carbocycles. The monoisotopic (exact) mass is 202 g/mol.